The van der Waals surface area contributed by atoms with Crippen molar-refractivity contribution in [1.82, 2.24) is 9.97 Å². The number of hydrogen-bond acceptors (Lipinski definition) is 5. The average molecular weight is 472 g/mol. The van der Waals surface area contributed by atoms with Crippen LogP contribution in [0.1, 0.15) is 47.1 Å². The van der Waals surface area contributed by atoms with Crippen molar-refractivity contribution in [3.8, 4) is 0 Å². The predicted octanol–water partition coefficient (Wildman–Crippen LogP) is 2.67. The maximum atomic E-state index is 6.70. The third-order valence-corrected chi connectivity index (χ3v) is 7.18. The Bertz CT molecular complexity index is 927. The maximum Gasteiger partial charge on any atom is 0.150 e. The van der Waals surface area contributed by atoms with Gasteiger partial charge in [-0.15, -0.1) is 0 Å². The molecule has 1 aromatic heterocycles. The van der Waals surface area contributed by atoms with Crippen LogP contribution in [0.5, 0.6) is 0 Å². The lowest BCUT2D eigenvalue weighted by atomic mass is 9.73. The van der Waals surface area contributed by atoms with E-state index in [0.29, 0.717) is 6.54 Å². The lowest BCUT2D eigenvalue weighted by Crippen LogP contribution is -2.45. The Morgan fingerprint density at radius 3 is 2.74 bits per heavy atom. The maximum absolute atomic E-state index is 6.70. The van der Waals surface area contributed by atoms with Crippen LogP contribution in [0, 0.1) is 12.3 Å². The van der Waals surface area contributed by atoms with Crippen molar-refractivity contribution in [2.75, 3.05) is 18.0 Å². The largest absolute Gasteiger partial charge is 0.355 e. The highest BCUT2D eigenvalue weighted by atomic mass is 127. The summed E-state index contributed by atoms with van der Waals surface area (Å²) in [6, 6.07) is 8.85. The first-order valence-corrected chi connectivity index (χ1v) is 10.3. The summed E-state index contributed by atoms with van der Waals surface area (Å²) in [4.78, 5) is 16.6. The zero-order chi connectivity index (χ0) is 19.9. The van der Waals surface area contributed by atoms with Crippen LogP contribution in [-0.2, 0) is 13.0 Å². The highest BCUT2D eigenvalue weighted by Gasteiger charge is 2.46. The predicted molar refractivity (Wildman–Crippen MR) is 119 cm³/mol. The van der Waals surface area contributed by atoms with Crippen molar-refractivity contribution in [3.05, 3.63) is 52.5 Å². The van der Waals surface area contributed by atoms with E-state index < -0.39 is 0 Å². The molecule has 1 fully saturated rings. The number of halogens is 1. The molecule has 0 unspecified atom stereocenters. The van der Waals surface area contributed by atoms with Crippen LogP contribution in [-0.4, -0.2) is 36.5 Å². The molecule has 0 amide bonds. The third-order valence-electron chi connectivity index (χ3n) is 6.33. The minimum absolute atomic E-state index is 0.156. The quantitative estimate of drug-likeness (QED) is 0.512. The second-order valence-electron chi connectivity index (χ2n) is 7.74. The van der Waals surface area contributed by atoms with Crippen LogP contribution < -0.4 is 10.6 Å². The Kier molecular flexibility index (Phi) is 4.47. The number of benzene rings is 1. The molecule has 5 rings (SSSR count). The van der Waals surface area contributed by atoms with E-state index in [1.54, 1.807) is 0 Å². The van der Waals surface area contributed by atoms with E-state index in [1.165, 1.54) is 11.1 Å². The Morgan fingerprint density at radius 1 is 1.26 bits per heavy atom. The zero-order valence-corrected chi connectivity index (χ0v) is 17.6. The summed E-state index contributed by atoms with van der Waals surface area (Å²) in [6.45, 7) is 4.71. The van der Waals surface area contributed by atoms with Crippen LogP contribution in [0.4, 0.5) is 5.82 Å². The van der Waals surface area contributed by atoms with Gasteiger partial charge in [0, 0.05) is 27.5 Å². The van der Waals surface area contributed by atoms with Crippen LogP contribution >= 0.6 is 22.6 Å². The Labute approximate surface area is 176 Å². The summed E-state index contributed by atoms with van der Waals surface area (Å²) >= 11 is 2.25. The van der Waals surface area contributed by atoms with E-state index in [0.717, 1.165) is 59.0 Å². The van der Waals surface area contributed by atoms with Gasteiger partial charge in [0.05, 0.1) is 17.9 Å². The van der Waals surface area contributed by atoms with Crippen molar-refractivity contribution in [3.63, 3.8) is 0 Å². The molecule has 27 heavy (non-hydrogen) atoms. The molecule has 1 spiro atoms. The van der Waals surface area contributed by atoms with Gasteiger partial charge in [-0.05, 0) is 66.7 Å². The van der Waals surface area contributed by atoms with Gasteiger partial charge in [0.25, 0.3) is 0 Å². The second-order valence-corrected chi connectivity index (χ2v) is 8.76. The van der Waals surface area contributed by atoms with Crippen molar-refractivity contribution in [2.45, 2.75) is 38.8 Å². The number of hydrogen-bond donors (Lipinski definition) is 1. The molecule has 1 aromatic carbocycles. The molecule has 7 heteroatoms. The monoisotopic (exact) mass is 472 g/mol. The van der Waals surface area contributed by atoms with Crippen molar-refractivity contribution < 1.29 is 0 Å². The summed E-state index contributed by atoms with van der Waals surface area (Å²) in [5, 5.41) is 0. The molecule has 3 aliphatic rings. The van der Waals surface area contributed by atoms with E-state index in [9.17, 15) is 0 Å². The van der Waals surface area contributed by atoms with Crippen LogP contribution in [0.2, 0.25) is 0 Å². The van der Waals surface area contributed by atoms with Crippen LogP contribution in [0.25, 0.3) is 0 Å². The van der Waals surface area contributed by atoms with E-state index in [4.69, 9.17) is 17.0 Å². The topological polar surface area (TPSA) is 67.4 Å². The number of anilines is 1. The van der Waals surface area contributed by atoms with Gasteiger partial charge < -0.3 is 10.6 Å². The molecule has 1 aliphatic carbocycles. The van der Waals surface area contributed by atoms with Gasteiger partial charge in [-0.3, -0.25) is 4.99 Å². The Morgan fingerprint density at radius 2 is 2.00 bits per heavy atom. The molecule has 2 aliphatic heterocycles. The number of aryl methyl sites for hydroxylation is 1. The molecule has 138 valence electrons. The highest BCUT2D eigenvalue weighted by Crippen LogP contribution is 2.51. The lowest BCUT2D eigenvalue weighted by Gasteiger charge is -2.43. The fourth-order valence-electron chi connectivity index (χ4n) is 4.81. The van der Waals surface area contributed by atoms with E-state index in [1.807, 2.05) is 0 Å². The van der Waals surface area contributed by atoms with Gasteiger partial charge in [0.2, 0.25) is 0 Å². The molecule has 0 saturated carbocycles. The van der Waals surface area contributed by atoms with Crippen molar-refractivity contribution in [1.29, 1.82) is 1.34 Å². The molecule has 2 N–H and O–H groups in total. The van der Waals surface area contributed by atoms with E-state index >= 15 is 0 Å². The standard InChI is InChI=1S/C20H22IN5.BH/c1-12-19(25-15-11-23-18(21)16(15)24-12)26-8-6-20(7-9-26)10-13-4-2-3-5-14(13)17(20)22;/h2-5,17H,6-11,22H2,1H3;1H/t17-;/m1./s1/i;1D. The molecule has 2 aromatic rings. The molecule has 3 heterocycles. The summed E-state index contributed by atoms with van der Waals surface area (Å²) in [5.74, 6) is 1.03. The first kappa shape index (κ1) is 17.6. The van der Waals surface area contributed by atoms with E-state index in [2.05, 4.69) is 72.0 Å². The van der Waals surface area contributed by atoms with Crippen LogP contribution in [0.15, 0.2) is 29.3 Å². The molecule has 5 nitrogen and oxygen atoms in total. The van der Waals surface area contributed by atoms with E-state index in [-0.39, 0.29) is 11.5 Å². The number of aromatic nitrogens is 2. The normalized spacial score (nSPS) is 22.5. The molecule has 2 radical (unpaired) electrons. The molecular formula is C20H23BIN5. The summed E-state index contributed by atoms with van der Waals surface area (Å²) < 4.78 is 6.23. The van der Waals surface area contributed by atoms with Gasteiger partial charge in [-0.1, -0.05) is 24.3 Å². The van der Waals surface area contributed by atoms with Gasteiger partial charge in [-0.2, -0.15) is 0 Å². The number of rotatable bonds is 1. The summed E-state index contributed by atoms with van der Waals surface area (Å²) in [5.41, 5.74) is 12.7. The Balaban J connectivity index is 0.000000932. The number of fused-ring (bicyclic) bond motifs is 2. The minimum Gasteiger partial charge on any atom is -0.355 e. The number of nitrogens with zero attached hydrogens (tertiary/aromatic N) is 4. The first-order chi connectivity index (χ1) is 13.6. The number of aliphatic imine (C=N–C) groups is 1. The fourth-order valence-corrected chi connectivity index (χ4v) is 5.41. The SMILES string of the molecule is Cc1nc2c(nc1N1CCC3(CC1)Cc1ccccc1[C@H]3N)CN=C2I.[2H][B]. The molecular weight excluding hydrogens is 448 g/mol. The molecule has 1 saturated heterocycles. The Hall–Kier alpha value is -1.48. The summed E-state index contributed by atoms with van der Waals surface area (Å²) in [6.07, 6.45) is 3.32. The second kappa shape index (κ2) is 6.85. The van der Waals surface area contributed by atoms with Crippen molar-refractivity contribution >= 4 is 40.5 Å². The van der Waals surface area contributed by atoms with Gasteiger partial charge in [-0.25, -0.2) is 9.97 Å². The molecule has 0 bridgehead atoms. The van der Waals surface area contributed by atoms with Gasteiger partial charge in [0.15, 0.2) is 0 Å². The third kappa shape index (κ3) is 2.90. The van der Waals surface area contributed by atoms with Gasteiger partial charge in [0.1, 0.15) is 15.2 Å². The van der Waals surface area contributed by atoms with Crippen molar-refractivity contribution in [2.24, 2.45) is 16.1 Å². The zero-order valence-electron chi connectivity index (χ0n) is 16.5. The van der Waals surface area contributed by atoms with Gasteiger partial charge >= 0.3 is 0 Å². The first-order valence-electron chi connectivity index (χ1n) is 9.81. The average Bonchev–Trinajstić information content (AvgIpc) is 3.22. The van der Waals surface area contributed by atoms with Crippen LogP contribution in [0.3, 0.4) is 0 Å². The number of nitrogens with two attached hydrogens (primary N) is 1. The smallest absolute Gasteiger partial charge is 0.150 e. The molecule has 1 atom stereocenters. The highest BCUT2D eigenvalue weighted by molar-refractivity contribution is 14.1. The lowest BCUT2D eigenvalue weighted by molar-refractivity contribution is 0.187. The summed E-state index contributed by atoms with van der Waals surface area (Å²) in [7, 11) is 3.75. The fraction of sp³-hybridized carbons (Fsp3) is 0.450. The number of piperidine rings is 1. The minimum atomic E-state index is 0.156.